The second kappa shape index (κ2) is 7.47. The summed E-state index contributed by atoms with van der Waals surface area (Å²) in [6.45, 7) is -0.0637. The Kier molecular flexibility index (Phi) is 5.13. The van der Waals surface area contributed by atoms with E-state index in [1.807, 2.05) is 12.1 Å². The minimum atomic E-state index is -0.307. The molecular weight excluding hydrogens is 342 g/mol. The Morgan fingerprint density at radius 1 is 1.32 bits per heavy atom. The van der Waals surface area contributed by atoms with E-state index in [1.54, 1.807) is 23.8 Å². The van der Waals surface area contributed by atoms with Gasteiger partial charge in [0.15, 0.2) is 10.6 Å². The Morgan fingerprint density at radius 3 is 2.68 bits per heavy atom. The Bertz CT molecular complexity index is 823. The highest BCUT2D eigenvalue weighted by molar-refractivity contribution is 7.71. The van der Waals surface area contributed by atoms with Gasteiger partial charge in [0.05, 0.1) is 13.7 Å². The molecule has 132 valence electrons. The summed E-state index contributed by atoms with van der Waals surface area (Å²) in [6.07, 6.45) is 2.02. The molecule has 3 rings (SSSR count). The van der Waals surface area contributed by atoms with Gasteiger partial charge in [0, 0.05) is 11.6 Å². The number of aromatic nitrogens is 3. The number of hydrogen-bond acceptors (Lipinski definition) is 5. The van der Waals surface area contributed by atoms with Crippen LogP contribution in [-0.2, 0) is 16.1 Å². The van der Waals surface area contributed by atoms with E-state index >= 15 is 0 Å². The Labute approximate surface area is 149 Å². The van der Waals surface area contributed by atoms with Gasteiger partial charge in [0.25, 0.3) is 0 Å². The van der Waals surface area contributed by atoms with Crippen molar-refractivity contribution in [3.05, 3.63) is 29.0 Å². The quantitative estimate of drug-likeness (QED) is 0.639. The molecule has 1 aliphatic rings. The van der Waals surface area contributed by atoms with Crippen LogP contribution in [0.25, 0.3) is 11.4 Å². The number of hydrogen-bond donors (Lipinski definition) is 3. The smallest absolute Gasteiger partial charge is 0.240 e. The summed E-state index contributed by atoms with van der Waals surface area (Å²) < 4.78 is 7.06. The molecule has 8 nitrogen and oxygen atoms in total. The number of ether oxygens (including phenoxy) is 1. The molecule has 0 radical (unpaired) electrons. The maximum Gasteiger partial charge on any atom is 0.240 e. The van der Waals surface area contributed by atoms with Crippen molar-refractivity contribution in [1.82, 2.24) is 25.4 Å². The Morgan fingerprint density at radius 2 is 2.04 bits per heavy atom. The van der Waals surface area contributed by atoms with Crippen LogP contribution < -0.4 is 15.4 Å². The molecule has 1 fully saturated rings. The standard InChI is InChI=1S/C16H19N5O3S/c1-24-12-6-2-10(3-7-12)15-19-20-16(25)21(15)9-14(23)17-8-13(22)18-11-4-5-11/h2-3,6-7,11H,4-5,8-9H2,1H3,(H,17,23)(H,18,22)(H,20,25). The number of benzene rings is 1. The molecule has 1 saturated carbocycles. The lowest BCUT2D eigenvalue weighted by atomic mass is 10.2. The average Bonchev–Trinajstić information content (AvgIpc) is 3.36. The first-order chi connectivity index (χ1) is 12.1. The van der Waals surface area contributed by atoms with Crippen LogP contribution in [0.3, 0.4) is 0 Å². The van der Waals surface area contributed by atoms with Crippen LogP contribution in [0.1, 0.15) is 12.8 Å². The molecule has 0 atom stereocenters. The molecular formula is C16H19N5O3S. The number of carbonyl (C=O) groups is 2. The molecule has 0 unspecified atom stereocenters. The van der Waals surface area contributed by atoms with Gasteiger partial charge in [0.1, 0.15) is 12.3 Å². The predicted octanol–water partition coefficient (Wildman–Crippen LogP) is 1.01. The summed E-state index contributed by atoms with van der Waals surface area (Å²) in [5.41, 5.74) is 0.799. The zero-order chi connectivity index (χ0) is 17.8. The van der Waals surface area contributed by atoms with E-state index in [1.165, 1.54) is 0 Å². The van der Waals surface area contributed by atoms with Crippen molar-refractivity contribution in [3.8, 4) is 17.1 Å². The van der Waals surface area contributed by atoms with Crippen LogP contribution in [0.2, 0.25) is 0 Å². The van der Waals surface area contributed by atoms with Crippen LogP contribution in [0.4, 0.5) is 0 Å². The summed E-state index contributed by atoms with van der Waals surface area (Å²) in [4.78, 5) is 23.8. The average molecular weight is 361 g/mol. The van der Waals surface area contributed by atoms with Gasteiger partial charge < -0.3 is 15.4 Å². The van der Waals surface area contributed by atoms with Gasteiger partial charge in [-0.15, -0.1) is 0 Å². The van der Waals surface area contributed by atoms with Gasteiger partial charge in [0.2, 0.25) is 11.8 Å². The number of aromatic amines is 1. The molecule has 0 bridgehead atoms. The van der Waals surface area contributed by atoms with Crippen molar-refractivity contribution in [2.45, 2.75) is 25.4 Å². The second-order valence-corrected chi connectivity index (χ2v) is 6.17. The number of amides is 2. The lowest BCUT2D eigenvalue weighted by Crippen LogP contribution is -2.39. The second-order valence-electron chi connectivity index (χ2n) is 5.79. The van der Waals surface area contributed by atoms with E-state index in [0.29, 0.717) is 10.6 Å². The van der Waals surface area contributed by atoms with Crippen molar-refractivity contribution in [3.63, 3.8) is 0 Å². The van der Waals surface area contributed by atoms with E-state index in [2.05, 4.69) is 20.8 Å². The summed E-state index contributed by atoms with van der Waals surface area (Å²) in [5, 5.41) is 12.3. The molecule has 0 aliphatic heterocycles. The molecule has 2 amide bonds. The minimum absolute atomic E-state index is 0.0204. The number of carbonyl (C=O) groups excluding carboxylic acids is 2. The predicted molar refractivity (Wildman–Crippen MR) is 93.6 cm³/mol. The third-order valence-corrected chi connectivity index (χ3v) is 4.11. The van der Waals surface area contributed by atoms with Crippen molar-refractivity contribution in [2.75, 3.05) is 13.7 Å². The van der Waals surface area contributed by atoms with Gasteiger partial charge in [-0.05, 0) is 49.3 Å². The summed E-state index contributed by atoms with van der Waals surface area (Å²) in [7, 11) is 1.59. The van der Waals surface area contributed by atoms with Crippen LogP contribution in [0.5, 0.6) is 5.75 Å². The van der Waals surface area contributed by atoms with Crippen molar-refractivity contribution < 1.29 is 14.3 Å². The molecule has 0 spiro atoms. The zero-order valence-electron chi connectivity index (χ0n) is 13.7. The fraction of sp³-hybridized carbons (Fsp3) is 0.375. The molecule has 25 heavy (non-hydrogen) atoms. The van der Waals surface area contributed by atoms with Gasteiger partial charge in [-0.3, -0.25) is 19.3 Å². The van der Waals surface area contributed by atoms with Gasteiger partial charge >= 0.3 is 0 Å². The fourth-order valence-electron chi connectivity index (χ4n) is 2.31. The van der Waals surface area contributed by atoms with Crippen LogP contribution in [0, 0.1) is 4.77 Å². The van der Waals surface area contributed by atoms with E-state index in [9.17, 15) is 9.59 Å². The summed E-state index contributed by atoms with van der Waals surface area (Å²) in [5.74, 6) is 0.786. The van der Waals surface area contributed by atoms with Crippen molar-refractivity contribution >= 4 is 24.0 Å². The van der Waals surface area contributed by atoms with Gasteiger partial charge in [-0.1, -0.05) is 0 Å². The van der Waals surface area contributed by atoms with E-state index < -0.39 is 0 Å². The van der Waals surface area contributed by atoms with E-state index in [-0.39, 0.29) is 30.9 Å². The van der Waals surface area contributed by atoms with E-state index in [4.69, 9.17) is 17.0 Å². The number of nitrogens with one attached hydrogen (secondary N) is 3. The number of methoxy groups -OCH3 is 1. The number of H-pyrrole nitrogens is 1. The lowest BCUT2D eigenvalue weighted by Gasteiger charge is -2.09. The van der Waals surface area contributed by atoms with Crippen LogP contribution >= 0.6 is 12.2 Å². The lowest BCUT2D eigenvalue weighted by molar-refractivity contribution is -0.126. The Hall–Kier alpha value is -2.68. The monoisotopic (exact) mass is 361 g/mol. The van der Waals surface area contributed by atoms with Gasteiger partial charge in [-0.25, -0.2) is 0 Å². The highest BCUT2D eigenvalue weighted by Gasteiger charge is 2.23. The molecule has 3 N–H and O–H groups in total. The summed E-state index contributed by atoms with van der Waals surface area (Å²) >= 11 is 5.20. The third kappa shape index (κ3) is 4.44. The highest BCUT2D eigenvalue weighted by atomic mass is 32.1. The molecule has 1 aromatic carbocycles. The van der Waals surface area contributed by atoms with Crippen LogP contribution in [-0.4, -0.2) is 46.3 Å². The number of rotatable bonds is 7. The molecule has 1 aliphatic carbocycles. The maximum absolute atomic E-state index is 12.1. The van der Waals surface area contributed by atoms with E-state index in [0.717, 1.165) is 24.2 Å². The van der Waals surface area contributed by atoms with Crippen molar-refractivity contribution in [2.24, 2.45) is 0 Å². The molecule has 0 saturated heterocycles. The third-order valence-electron chi connectivity index (χ3n) is 3.80. The topological polar surface area (TPSA) is 101 Å². The minimum Gasteiger partial charge on any atom is -0.497 e. The van der Waals surface area contributed by atoms with Crippen LogP contribution in [0.15, 0.2) is 24.3 Å². The normalized spacial score (nSPS) is 13.3. The largest absolute Gasteiger partial charge is 0.497 e. The fourth-order valence-corrected chi connectivity index (χ4v) is 2.51. The molecule has 1 heterocycles. The number of nitrogens with zero attached hydrogens (tertiary/aromatic N) is 2. The first-order valence-electron chi connectivity index (χ1n) is 7.92. The first kappa shape index (κ1) is 17.2. The van der Waals surface area contributed by atoms with Crippen molar-refractivity contribution in [1.29, 1.82) is 0 Å². The molecule has 2 aromatic rings. The molecule has 9 heteroatoms. The SMILES string of the molecule is COc1ccc(-c2n[nH]c(=S)n2CC(=O)NCC(=O)NC2CC2)cc1. The van der Waals surface area contributed by atoms with Gasteiger partial charge in [-0.2, -0.15) is 5.10 Å². The molecule has 1 aromatic heterocycles. The first-order valence-corrected chi connectivity index (χ1v) is 8.33. The summed E-state index contributed by atoms with van der Waals surface area (Å²) in [6, 6.07) is 7.55. The zero-order valence-corrected chi connectivity index (χ0v) is 14.6. The maximum atomic E-state index is 12.1. The Balaban J connectivity index is 1.65. The highest BCUT2D eigenvalue weighted by Crippen LogP contribution is 2.21.